The van der Waals surface area contributed by atoms with Crippen LogP contribution in [0.3, 0.4) is 0 Å². The molecule has 5 nitrogen and oxygen atoms in total. The van der Waals surface area contributed by atoms with E-state index in [0.29, 0.717) is 0 Å². The third-order valence-corrected chi connectivity index (χ3v) is 4.68. The zero-order valence-corrected chi connectivity index (χ0v) is 14.4. The molecule has 1 aromatic rings. The van der Waals surface area contributed by atoms with E-state index in [-0.39, 0.29) is 12.1 Å². The monoisotopic (exact) mass is 365 g/mol. The molecule has 0 saturated carbocycles. The van der Waals surface area contributed by atoms with Gasteiger partial charge in [0, 0.05) is 30.4 Å². The summed E-state index contributed by atoms with van der Waals surface area (Å²) in [4.78, 5) is 14.0. The lowest BCUT2D eigenvalue weighted by atomic mass is 9.98. The lowest BCUT2D eigenvalue weighted by Crippen LogP contribution is -2.38. The minimum atomic E-state index is -0.336. The molecular weight excluding hydrogens is 346 g/mol. The van der Waals surface area contributed by atoms with Gasteiger partial charge in [-0.15, -0.1) is 0 Å². The molecule has 6 heteroatoms. The third kappa shape index (κ3) is 2.77. The van der Waals surface area contributed by atoms with E-state index < -0.39 is 0 Å². The average molecular weight is 366 g/mol. The predicted octanol–water partition coefficient (Wildman–Crippen LogP) is 2.54. The van der Waals surface area contributed by atoms with Crippen molar-refractivity contribution in [1.82, 2.24) is 5.01 Å². The summed E-state index contributed by atoms with van der Waals surface area (Å²) in [5, 5.41) is 6.37. The molecule has 118 valence electrons. The van der Waals surface area contributed by atoms with Crippen LogP contribution in [-0.2, 0) is 9.53 Å². The highest BCUT2D eigenvalue weighted by molar-refractivity contribution is 9.18. The van der Waals surface area contributed by atoms with Crippen LogP contribution in [0.15, 0.2) is 23.3 Å². The summed E-state index contributed by atoms with van der Waals surface area (Å²) in [6.45, 7) is 7.34. The number of benzene rings is 1. The van der Waals surface area contributed by atoms with Crippen LogP contribution >= 0.6 is 15.9 Å². The van der Waals surface area contributed by atoms with Crippen molar-refractivity contribution in [3.8, 4) is 0 Å². The van der Waals surface area contributed by atoms with Crippen LogP contribution in [0.1, 0.15) is 31.0 Å². The summed E-state index contributed by atoms with van der Waals surface area (Å²) in [5.74, 6) is 0. The fourth-order valence-corrected chi connectivity index (χ4v) is 3.48. The Hall–Kier alpha value is -1.40. The van der Waals surface area contributed by atoms with Crippen LogP contribution < -0.4 is 4.90 Å². The standard InChI is InChI=1S/C16H20BrN3O2/c1-11(2)20-15(10-21)14-9-12(19-5-7-22-8-6-19)3-4-13(14)16(17)18-20/h3-4,9-11,15H,5-8H2,1-2H3. The van der Waals surface area contributed by atoms with Gasteiger partial charge in [-0.2, -0.15) is 5.10 Å². The van der Waals surface area contributed by atoms with Crippen LogP contribution in [0.2, 0.25) is 0 Å². The third-order valence-electron chi connectivity index (χ3n) is 4.10. The molecule has 0 amide bonds. The largest absolute Gasteiger partial charge is 0.378 e. The van der Waals surface area contributed by atoms with E-state index in [9.17, 15) is 4.79 Å². The molecule has 0 aromatic heterocycles. The van der Waals surface area contributed by atoms with Gasteiger partial charge in [-0.1, -0.05) is 0 Å². The van der Waals surface area contributed by atoms with E-state index in [4.69, 9.17) is 4.74 Å². The summed E-state index contributed by atoms with van der Waals surface area (Å²) in [5.41, 5.74) is 3.14. The number of carbonyl (C=O) groups is 1. The quantitative estimate of drug-likeness (QED) is 0.772. The van der Waals surface area contributed by atoms with E-state index in [0.717, 1.165) is 54.0 Å². The summed E-state index contributed by atoms with van der Waals surface area (Å²) < 4.78 is 6.19. The molecule has 0 radical (unpaired) electrons. The lowest BCUT2D eigenvalue weighted by Gasteiger charge is -2.35. The van der Waals surface area contributed by atoms with Crippen LogP contribution in [0, 0.1) is 0 Å². The maximum absolute atomic E-state index is 11.7. The number of carbonyl (C=O) groups excluding carboxylic acids is 1. The second-order valence-corrected chi connectivity index (χ2v) is 6.57. The van der Waals surface area contributed by atoms with E-state index in [2.05, 4.69) is 38.1 Å². The molecule has 1 aromatic carbocycles. The van der Waals surface area contributed by atoms with E-state index in [1.54, 1.807) is 0 Å². The van der Waals surface area contributed by atoms with Gasteiger partial charge < -0.3 is 14.4 Å². The second-order valence-electron chi connectivity index (χ2n) is 5.82. The number of rotatable bonds is 3. The Balaban J connectivity index is 2.01. The normalized spacial score (nSPS) is 21.6. The van der Waals surface area contributed by atoms with Gasteiger partial charge in [-0.3, -0.25) is 5.01 Å². The molecular formula is C16H20BrN3O2. The molecule has 0 spiro atoms. The summed E-state index contributed by atoms with van der Waals surface area (Å²) in [7, 11) is 0. The number of hydrazone groups is 1. The Kier molecular flexibility index (Phi) is 4.49. The zero-order valence-electron chi connectivity index (χ0n) is 12.8. The summed E-state index contributed by atoms with van der Waals surface area (Å²) in [6, 6.07) is 6.07. The molecule has 22 heavy (non-hydrogen) atoms. The van der Waals surface area contributed by atoms with Gasteiger partial charge in [0.05, 0.1) is 13.2 Å². The minimum absolute atomic E-state index is 0.156. The van der Waals surface area contributed by atoms with Gasteiger partial charge in [0.25, 0.3) is 0 Å². The number of morpholine rings is 1. The van der Waals surface area contributed by atoms with Crippen LogP contribution in [0.25, 0.3) is 0 Å². The minimum Gasteiger partial charge on any atom is -0.378 e. The van der Waals surface area contributed by atoms with Gasteiger partial charge in [-0.05, 0) is 53.5 Å². The zero-order chi connectivity index (χ0) is 15.7. The Morgan fingerprint density at radius 3 is 2.73 bits per heavy atom. The first-order valence-electron chi connectivity index (χ1n) is 7.56. The van der Waals surface area contributed by atoms with Crippen LogP contribution in [0.4, 0.5) is 5.69 Å². The number of hydrogen-bond donors (Lipinski definition) is 0. The Labute approximate surface area is 139 Å². The van der Waals surface area contributed by atoms with Crippen molar-refractivity contribution in [2.75, 3.05) is 31.2 Å². The number of hydrogen-bond acceptors (Lipinski definition) is 5. The fraction of sp³-hybridized carbons (Fsp3) is 0.500. The number of ether oxygens (including phenoxy) is 1. The van der Waals surface area contributed by atoms with Crippen molar-refractivity contribution in [2.45, 2.75) is 25.9 Å². The number of fused-ring (bicyclic) bond motifs is 1. The van der Waals surface area contributed by atoms with Gasteiger partial charge in [0.1, 0.15) is 16.9 Å². The van der Waals surface area contributed by atoms with E-state index >= 15 is 0 Å². The molecule has 1 atom stereocenters. The molecule has 2 heterocycles. The van der Waals surface area contributed by atoms with Gasteiger partial charge in [0.15, 0.2) is 0 Å². The summed E-state index contributed by atoms with van der Waals surface area (Å²) >= 11 is 3.53. The SMILES string of the molecule is CC(C)N1N=C(Br)c2ccc(N3CCOCC3)cc2C1C=O. The Morgan fingerprint density at radius 1 is 1.36 bits per heavy atom. The van der Waals surface area contributed by atoms with Crippen molar-refractivity contribution < 1.29 is 9.53 Å². The van der Waals surface area contributed by atoms with Crippen LogP contribution in [-0.4, -0.2) is 48.3 Å². The highest BCUT2D eigenvalue weighted by atomic mass is 79.9. The summed E-state index contributed by atoms with van der Waals surface area (Å²) in [6.07, 6.45) is 0.977. The first kappa shape index (κ1) is 15.5. The predicted molar refractivity (Wildman–Crippen MR) is 90.7 cm³/mol. The molecule has 2 aliphatic heterocycles. The Morgan fingerprint density at radius 2 is 2.09 bits per heavy atom. The molecule has 1 fully saturated rings. The maximum Gasteiger partial charge on any atom is 0.148 e. The highest BCUT2D eigenvalue weighted by Gasteiger charge is 2.30. The van der Waals surface area contributed by atoms with Crippen molar-refractivity contribution in [3.63, 3.8) is 0 Å². The average Bonchev–Trinajstić information content (AvgIpc) is 2.55. The molecule has 3 rings (SSSR count). The van der Waals surface area contributed by atoms with Crippen LogP contribution in [0.5, 0.6) is 0 Å². The molecule has 0 N–H and O–H groups in total. The number of halogens is 1. The van der Waals surface area contributed by atoms with Gasteiger partial charge in [0.2, 0.25) is 0 Å². The molecule has 1 saturated heterocycles. The molecule has 0 aliphatic carbocycles. The fourth-order valence-electron chi connectivity index (χ4n) is 2.93. The van der Waals surface area contributed by atoms with Crippen molar-refractivity contribution in [1.29, 1.82) is 0 Å². The van der Waals surface area contributed by atoms with Crippen molar-refractivity contribution in [2.24, 2.45) is 5.10 Å². The first-order chi connectivity index (χ1) is 10.6. The van der Waals surface area contributed by atoms with Gasteiger partial charge >= 0.3 is 0 Å². The van der Waals surface area contributed by atoms with E-state index in [1.807, 2.05) is 24.9 Å². The molecule has 0 bridgehead atoms. The van der Waals surface area contributed by atoms with Gasteiger partial charge in [-0.25, -0.2) is 0 Å². The molecule has 2 aliphatic rings. The van der Waals surface area contributed by atoms with Crippen molar-refractivity contribution in [3.05, 3.63) is 29.3 Å². The topological polar surface area (TPSA) is 45.1 Å². The number of anilines is 1. The molecule has 1 unspecified atom stereocenters. The highest BCUT2D eigenvalue weighted by Crippen LogP contribution is 2.34. The van der Waals surface area contributed by atoms with E-state index in [1.165, 1.54) is 0 Å². The Bertz CT molecular complexity index is 597. The number of nitrogens with zero attached hydrogens (tertiary/aromatic N) is 3. The smallest absolute Gasteiger partial charge is 0.148 e. The van der Waals surface area contributed by atoms with Crippen molar-refractivity contribution >= 4 is 32.5 Å². The second kappa shape index (κ2) is 6.38. The lowest BCUT2D eigenvalue weighted by molar-refractivity contribution is -0.113. The maximum atomic E-state index is 11.7. The first-order valence-corrected chi connectivity index (χ1v) is 8.36. The number of aldehydes is 1.